The van der Waals surface area contributed by atoms with E-state index in [1.807, 2.05) is 20.8 Å². The molecule has 0 radical (unpaired) electrons. The van der Waals surface area contributed by atoms with Crippen molar-refractivity contribution in [1.29, 1.82) is 0 Å². The van der Waals surface area contributed by atoms with Crippen LogP contribution in [0.1, 0.15) is 27.2 Å². The van der Waals surface area contributed by atoms with Crippen LogP contribution in [-0.4, -0.2) is 49.5 Å². The lowest BCUT2D eigenvalue weighted by molar-refractivity contribution is -0.124. The van der Waals surface area contributed by atoms with Crippen molar-refractivity contribution in [3.63, 3.8) is 0 Å². The van der Waals surface area contributed by atoms with Crippen molar-refractivity contribution in [2.24, 2.45) is 0 Å². The average molecular weight is 356 g/mol. The fourth-order valence-electron chi connectivity index (χ4n) is 2.02. The van der Waals surface area contributed by atoms with E-state index in [1.54, 1.807) is 30.1 Å². The molecule has 2 N–H and O–H groups in total. The van der Waals surface area contributed by atoms with Crippen LogP contribution in [0.5, 0.6) is 5.75 Å². The number of carbonyl (C=O) groups is 2. The van der Waals surface area contributed by atoms with Gasteiger partial charge in [0.2, 0.25) is 11.8 Å². The third-order valence-electron chi connectivity index (χ3n) is 3.62. The van der Waals surface area contributed by atoms with Crippen molar-refractivity contribution >= 4 is 29.1 Å². The first-order valence-corrected chi connectivity index (χ1v) is 8.17. The maximum Gasteiger partial charge on any atom is 0.238 e. The predicted octanol–water partition coefficient (Wildman–Crippen LogP) is 2.52. The highest BCUT2D eigenvalue weighted by atomic mass is 35.5. The van der Waals surface area contributed by atoms with Crippen molar-refractivity contribution in [3.8, 4) is 5.75 Å². The molecule has 0 aromatic heterocycles. The lowest BCUT2D eigenvalue weighted by atomic mass is 10.0. The Morgan fingerprint density at radius 1 is 1.25 bits per heavy atom. The predicted molar refractivity (Wildman–Crippen MR) is 96.6 cm³/mol. The molecule has 24 heavy (non-hydrogen) atoms. The van der Waals surface area contributed by atoms with Gasteiger partial charge in [-0.25, -0.2) is 0 Å². The second-order valence-corrected chi connectivity index (χ2v) is 6.79. The summed E-state index contributed by atoms with van der Waals surface area (Å²) in [5.41, 5.74) is 0.244. The Morgan fingerprint density at radius 3 is 2.46 bits per heavy atom. The number of nitrogens with one attached hydrogen (secondary N) is 2. The number of anilines is 1. The standard InChI is InChI=1S/C17H26ClN3O3/c1-6-17(2,3)20-16(23)11-21(4)10-15(22)19-13-9-12(18)7-8-14(13)24-5/h7-9H,6,10-11H2,1-5H3,(H,19,22)(H,20,23). The molecular formula is C17H26ClN3O3. The second-order valence-electron chi connectivity index (χ2n) is 6.35. The highest BCUT2D eigenvalue weighted by Crippen LogP contribution is 2.27. The third-order valence-corrected chi connectivity index (χ3v) is 3.86. The first-order valence-electron chi connectivity index (χ1n) is 7.80. The van der Waals surface area contributed by atoms with E-state index < -0.39 is 0 Å². The van der Waals surface area contributed by atoms with Gasteiger partial charge in [0, 0.05) is 10.6 Å². The summed E-state index contributed by atoms with van der Waals surface area (Å²) in [4.78, 5) is 25.8. The fraction of sp³-hybridized carbons (Fsp3) is 0.529. The summed E-state index contributed by atoms with van der Waals surface area (Å²) in [6, 6.07) is 4.98. The van der Waals surface area contributed by atoms with Crippen LogP contribution >= 0.6 is 11.6 Å². The molecule has 6 nitrogen and oxygen atoms in total. The Kier molecular flexibility index (Phi) is 7.51. The number of nitrogens with zero attached hydrogens (tertiary/aromatic N) is 1. The summed E-state index contributed by atoms with van der Waals surface area (Å²) >= 11 is 5.94. The van der Waals surface area contributed by atoms with Gasteiger partial charge in [0.1, 0.15) is 5.75 Å². The molecule has 0 spiro atoms. The molecule has 0 aliphatic heterocycles. The Morgan fingerprint density at radius 2 is 1.88 bits per heavy atom. The number of carbonyl (C=O) groups excluding carboxylic acids is 2. The van der Waals surface area contributed by atoms with Gasteiger partial charge in [-0.1, -0.05) is 18.5 Å². The van der Waals surface area contributed by atoms with Crippen molar-refractivity contribution in [1.82, 2.24) is 10.2 Å². The number of ether oxygens (including phenoxy) is 1. The molecule has 0 bridgehead atoms. The van der Waals surface area contributed by atoms with Crippen LogP contribution in [0.4, 0.5) is 5.69 Å². The van der Waals surface area contributed by atoms with Gasteiger partial charge >= 0.3 is 0 Å². The molecular weight excluding hydrogens is 330 g/mol. The molecule has 134 valence electrons. The van der Waals surface area contributed by atoms with Gasteiger partial charge in [-0.3, -0.25) is 14.5 Å². The highest BCUT2D eigenvalue weighted by molar-refractivity contribution is 6.31. The van der Waals surface area contributed by atoms with E-state index in [1.165, 1.54) is 7.11 Å². The van der Waals surface area contributed by atoms with E-state index in [2.05, 4.69) is 10.6 Å². The molecule has 1 rings (SSSR count). The van der Waals surface area contributed by atoms with Gasteiger partial charge in [0.15, 0.2) is 0 Å². The van der Waals surface area contributed by atoms with Crippen LogP contribution in [0.15, 0.2) is 18.2 Å². The molecule has 0 atom stereocenters. The number of hydrogen-bond acceptors (Lipinski definition) is 4. The molecule has 0 aliphatic carbocycles. The number of amides is 2. The van der Waals surface area contributed by atoms with Crippen molar-refractivity contribution < 1.29 is 14.3 Å². The third kappa shape index (κ3) is 6.76. The molecule has 0 saturated carbocycles. The Balaban J connectivity index is 2.56. The Hall–Kier alpha value is -1.79. The normalized spacial score (nSPS) is 11.3. The van der Waals surface area contributed by atoms with E-state index in [-0.39, 0.29) is 30.4 Å². The summed E-state index contributed by atoms with van der Waals surface area (Å²) in [6.45, 7) is 6.15. The van der Waals surface area contributed by atoms with E-state index in [4.69, 9.17) is 16.3 Å². The highest BCUT2D eigenvalue weighted by Gasteiger charge is 2.19. The first kappa shape index (κ1) is 20.3. The molecule has 0 fully saturated rings. The molecule has 2 amide bonds. The zero-order chi connectivity index (χ0) is 18.3. The Bertz CT molecular complexity index is 590. The fourth-order valence-corrected chi connectivity index (χ4v) is 2.19. The van der Waals surface area contributed by atoms with Gasteiger partial charge in [-0.15, -0.1) is 0 Å². The summed E-state index contributed by atoms with van der Waals surface area (Å²) in [5, 5.41) is 6.18. The van der Waals surface area contributed by atoms with Gasteiger partial charge in [-0.2, -0.15) is 0 Å². The summed E-state index contributed by atoms with van der Waals surface area (Å²) in [5.74, 6) is 0.163. The molecule has 7 heteroatoms. The summed E-state index contributed by atoms with van der Waals surface area (Å²) in [6.07, 6.45) is 0.831. The van der Waals surface area contributed by atoms with Gasteiger partial charge < -0.3 is 15.4 Å². The van der Waals surface area contributed by atoms with E-state index in [0.717, 1.165) is 6.42 Å². The number of halogens is 1. The van der Waals surface area contributed by atoms with Crippen LogP contribution in [0.2, 0.25) is 5.02 Å². The zero-order valence-electron chi connectivity index (χ0n) is 14.9. The number of rotatable bonds is 8. The molecule has 0 unspecified atom stereocenters. The summed E-state index contributed by atoms with van der Waals surface area (Å²) < 4.78 is 5.19. The van der Waals surface area contributed by atoms with Crippen molar-refractivity contribution in [2.45, 2.75) is 32.7 Å². The van der Waals surface area contributed by atoms with Crippen molar-refractivity contribution in [2.75, 3.05) is 32.6 Å². The molecule has 0 aliphatic rings. The maximum absolute atomic E-state index is 12.1. The van der Waals surface area contributed by atoms with Crippen LogP contribution in [0.3, 0.4) is 0 Å². The van der Waals surface area contributed by atoms with Crippen LogP contribution < -0.4 is 15.4 Å². The van der Waals surface area contributed by atoms with Crippen LogP contribution in [0.25, 0.3) is 0 Å². The number of likely N-dealkylation sites (N-methyl/N-ethyl adjacent to an activating group) is 1. The van der Waals surface area contributed by atoms with Crippen LogP contribution in [0, 0.1) is 0 Å². The van der Waals surface area contributed by atoms with E-state index in [9.17, 15) is 9.59 Å². The second kappa shape index (κ2) is 8.89. The first-order chi connectivity index (χ1) is 11.2. The zero-order valence-corrected chi connectivity index (χ0v) is 15.7. The minimum atomic E-state index is -0.256. The average Bonchev–Trinajstić information content (AvgIpc) is 2.46. The molecule has 1 aromatic carbocycles. The van der Waals surface area contributed by atoms with Crippen molar-refractivity contribution in [3.05, 3.63) is 23.2 Å². The number of hydrogen-bond donors (Lipinski definition) is 2. The van der Waals surface area contributed by atoms with E-state index >= 15 is 0 Å². The summed E-state index contributed by atoms with van der Waals surface area (Å²) in [7, 11) is 3.23. The molecule has 1 aromatic rings. The monoisotopic (exact) mass is 355 g/mol. The quantitative estimate of drug-likeness (QED) is 0.751. The molecule has 0 saturated heterocycles. The van der Waals surface area contributed by atoms with Gasteiger partial charge in [0.05, 0.1) is 25.9 Å². The lowest BCUT2D eigenvalue weighted by Gasteiger charge is -2.26. The van der Waals surface area contributed by atoms with Gasteiger partial charge in [-0.05, 0) is 45.5 Å². The SMILES string of the molecule is CCC(C)(C)NC(=O)CN(C)CC(=O)Nc1cc(Cl)ccc1OC. The smallest absolute Gasteiger partial charge is 0.238 e. The Labute approximate surface area is 148 Å². The van der Waals surface area contributed by atoms with Gasteiger partial charge in [0.25, 0.3) is 0 Å². The topological polar surface area (TPSA) is 70.7 Å². The number of methoxy groups -OCH3 is 1. The van der Waals surface area contributed by atoms with E-state index in [0.29, 0.717) is 16.5 Å². The lowest BCUT2D eigenvalue weighted by Crippen LogP contribution is -2.47. The largest absolute Gasteiger partial charge is 0.495 e. The molecule has 0 heterocycles. The number of benzene rings is 1. The van der Waals surface area contributed by atoms with Crippen LogP contribution in [-0.2, 0) is 9.59 Å². The minimum absolute atomic E-state index is 0.0790. The maximum atomic E-state index is 12.1. The minimum Gasteiger partial charge on any atom is -0.495 e.